The van der Waals surface area contributed by atoms with Crippen LogP contribution in [-0.2, 0) is 9.53 Å². The molecule has 3 aromatic carbocycles. The molecule has 0 bridgehead atoms. The molecule has 0 atom stereocenters. The molecule has 0 N–H and O–H groups in total. The highest BCUT2D eigenvalue weighted by Crippen LogP contribution is 2.29. The lowest BCUT2D eigenvalue weighted by Gasteiger charge is -2.19. The highest BCUT2D eigenvalue weighted by molar-refractivity contribution is 9.10. The molecule has 1 aliphatic heterocycles. The third kappa shape index (κ3) is 4.34. The standard InChI is InChI=1S/C25H19BrN2O3/c1-16-4-3-5-19(14-16)23-27-22(15-17-6-8-18(9-7-17)25(30)31-2)24(29)28(23)21-12-10-20(26)11-13-21/h3-15H,1-2H3/b22-15+. The molecule has 4 rings (SSSR count). The second-order valence-corrected chi connectivity index (χ2v) is 7.98. The molecule has 5 nitrogen and oxygen atoms in total. The minimum absolute atomic E-state index is 0.212. The maximum absolute atomic E-state index is 13.3. The summed E-state index contributed by atoms with van der Waals surface area (Å²) < 4.78 is 5.66. The van der Waals surface area contributed by atoms with E-state index in [0.29, 0.717) is 17.1 Å². The molecule has 0 unspecified atom stereocenters. The Bertz CT molecular complexity index is 1210. The van der Waals surface area contributed by atoms with Gasteiger partial charge in [-0.15, -0.1) is 0 Å². The van der Waals surface area contributed by atoms with E-state index in [9.17, 15) is 9.59 Å². The van der Waals surface area contributed by atoms with Gasteiger partial charge in [0.1, 0.15) is 11.5 Å². The summed E-state index contributed by atoms with van der Waals surface area (Å²) in [7, 11) is 1.34. The summed E-state index contributed by atoms with van der Waals surface area (Å²) in [6.45, 7) is 2.00. The Balaban J connectivity index is 1.76. The predicted octanol–water partition coefficient (Wildman–Crippen LogP) is 5.38. The second kappa shape index (κ2) is 8.70. The number of amidine groups is 1. The fourth-order valence-electron chi connectivity index (χ4n) is 3.32. The smallest absolute Gasteiger partial charge is 0.337 e. The second-order valence-electron chi connectivity index (χ2n) is 7.07. The number of hydrogen-bond acceptors (Lipinski definition) is 4. The first-order valence-electron chi connectivity index (χ1n) is 9.62. The van der Waals surface area contributed by atoms with E-state index in [1.165, 1.54) is 7.11 Å². The topological polar surface area (TPSA) is 59.0 Å². The Morgan fingerprint density at radius 1 is 1.03 bits per heavy atom. The summed E-state index contributed by atoms with van der Waals surface area (Å²) in [6, 6.07) is 22.3. The van der Waals surface area contributed by atoms with Crippen LogP contribution in [0.5, 0.6) is 0 Å². The molecular weight excluding hydrogens is 456 g/mol. The minimum Gasteiger partial charge on any atom is -0.465 e. The van der Waals surface area contributed by atoms with Crippen molar-refractivity contribution in [2.45, 2.75) is 6.92 Å². The van der Waals surface area contributed by atoms with Crippen LogP contribution in [0.15, 0.2) is 88.0 Å². The Morgan fingerprint density at radius 3 is 2.39 bits per heavy atom. The molecule has 0 fully saturated rings. The maximum atomic E-state index is 13.3. The number of esters is 1. The van der Waals surface area contributed by atoms with Crippen LogP contribution in [-0.4, -0.2) is 24.8 Å². The number of rotatable bonds is 4. The van der Waals surface area contributed by atoms with Gasteiger partial charge in [0.2, 0.25) is 0 Å². The first kappa shape index (κ1) is 20.8. The lowest BCUT2D eigenvalue weighted by Crippen LogP contribution is -2.32. The van der Waals surface area contributed by atoms with Crippen molar-refractivity contribution in [2.24, 2.45) is 4.99 Å². The largest absolute Gasteiger partial charge is 0.465 e. The lowest BCUT2D eigenvalue weighted by molar-refractivity contribution is -0.113. The summed E-state index contributed by atoms with van der Waals surface area (Å²) >= 11 is 3.44. The summed E-state index contributed by atoms with van der Waals surface area (Å²) in [4.78, 5) is 31.3. The molecule has 31 heavy (non-hydrogen) atoms. The maximum Gasteiger partial charge on any atom is 0.337 e. The number of aliphatic imine (C=N–C) groups is 1. The molecule has 0 aliphatic carbocycles. The van der Waals surface area contributed by atoms with Crippen LogP contribution in [0.3, 0.4) is 0 Å². The number of anilines is 1. The number of nitrogens with zero attached hydrogens (tertiary/aromatic N) is 2. The number of hydrogen-bond donors (Lipinski definition) is 0. The van der Waals surface area contributed by atoms with Gasteiger partial charge < -0.3 is 4.74 Å². The Kier molecular flexibility index (Phi) is 5.82. The zero-order valence-electron chi connectivity index (χ0n) is 17.0. The van der Waals surface area contributed by atoms with Gasteiger partial charge in [-0.2, -0.15) is 0 Å². The summed E-state index contributed by atoms with van der Waals surface area (Å²) in [5, 5.41) is 0. The number of methoxy groups -OCH3 is 1. The van der Waals surface area contributed by atoms with Gasteiger partial charge in [-0.05, 0) is 61.0 Å². The number of ether oxygens (including phenoxy) is 1. The quantitative estimate of drug-likeness (QED) is 0.376. The number of carbonyl (C=O) groups is 2. The van der Waals surface area contributed by atoms with E-state index in [0.717, 1.165) is 26.9 Å². The molecule has 154 valence electrons. The zero-order chi connectivity index (χ0) is 22.0. The molecule has 6 heteroatoms. The first-order valence-corrected chi connectivity index (χ1v) is 10.4. The molecule has 1 aliphatic rings. The van der Waals surface area contributed by atoms with E-state index in [2.05, 4.69) is 20.9 Å². The molecule has 0 spiro atoms. The summed E-state index contributed by atoms with van der Waals surface area (Å²) in [5.41, 5.74) is 4.21. The van der Waals surface area contributed by atoms with Crippen molar-refractivity contribution in [3.63, 3.8) is 0 Å². The number of aryl methyl sites for hydroxylation is 1. The predicted molar refractivity (Wildman–Crippen MR) is 125 cm³/mol. The van der Waals surface area contributed by atoms with Gasteiger partial charge in [0.25, 0.3) is 5.91 Å². The van der Waals surface area contributed by atoms with E-state index >= 15 is 0 Å². The van der Waals surface area contributed by atoms with Crippen molar-refractivity contribution in [3.8, 4) is 0 Å². The van der Waals surface area contributed by atoms with Crippen molar-refractivity contribution in [2.75, 3.05) is 12.0 Å². The normalized spacial score (nSPS) is 14.7. The van der Waals surface area contributed by atoms with Crippen molar-refractivity contribution in [1.82, 2.24) is 0 Å². The summed E-state index contributed by atoms with van der Waals surface area (Å²) in [5.74, 6) is -0.0401. The van der Waals surface area contributed by atoms with Crippen LogP contribution < -0.4 is 4.90 Å². The van der Waals surface area contributed by atoms with Crippen LogP contribution in [0.1, 0.15) is 27.0 Å². The Hall–Kier alpha value is -3.51. The molecule has 1 amide bonds. The van der Waals surface area contributed by atoms with Gasteiger partial charge in [0.05, 0.1) is 18.4 Å². The molecule has 0 saturated heterocycles. The molecule has 3 aromatic rings. The fraction of sp³-hybridized carbons (Fsp3) is 0.0800. The number of benzene rings is 3. The van der Waals surface area contributed by atoms with Gasteiger partial charge in [0, 0.05) is 10.0 Å². The van der Waals surface area contributed by atoms with E-state index < -0.39 is 5.97 Å². The van der Waals surface area contributed by atoms with Gasteiger partial charge in [-0.3, -0.25) is 9.69 Å². The molecule has 0 radical (unpaired) electrons. The number of carbonyl (C=O) groups excluding carboxylic acids is 2. The number of amides is 1. The van der Waals surface area contributed by atoms with Gasteiger partial charge >= 0.3 is 5.97 Å². The summed E-state index contributed by atoms with van der Waals surface area (Å²) in [6.07, 6.45) is 1.72. The van der Waals surface area contributed by atoms with Crippen LogP contribution in [0.4, 0.5) is 5.69 Å². The third-order valence-electron chi connectivity index (χ3n) is 4.86. The van der Waals surface area contributed by atoms with Gasteiger partial charge in [-0.1, -0.05) is 51.8 Å². The monoisotopic (exact) mass is 474 g/mol. The SMILES string of the molecule is COC(=O)c1ccc(/C=C2/N=C(c3cccc(C)c3)N(c3ccc(Br)cc3)C2=O)cc1. The Morgan fingerprint density at radius 2 is 1.74 bits per heavy atom. The average molecular weight is 475 g/mol. The van der Waals surface area contributed by atoms with E-state index in [4.69, 9.17) is 4.74 Å². The van der Waals surface area contributed by atoms with E-state index in [-0.39, 0.29) is 5.91 Å². The lowest BCUT2D eigenvalue weighted by atomic mass is 10.1. The first-order chi connectivity index (χ1) is 15.0. The minimum atomic E-state index is -0.405. The Labute approximate surface area is 188 Å². The van der Waals surface area contributed by atoms with Crippen molar-refractivity contribution >= 4 is 45.4 Å². The van der Waals surface area contributed by atoms with Crippen LogP contribution in [0, 0.1) is 6.92 Å². The highest BCUT2D eigenvalue weighted by atomic mass is 79.9. The van der Waals surface area contributed by atoms with Crippen molar-refractivity contribution in [1.29, 1.82) is 0 Å². The third-order valence-corrected chi connectivity index (χ3v) is 5.39. The molecular formula is C25H19BrN2O3. The van der Waals surface area contributed by atoms with Crippen molar-refractivity contribution in [3.05, 3.63) is 105 Å². The van der Waals surface area contributed by atoms with Crippen molar-refractivity contribution < 1.29 is 14.3 Å². The van der Waals surface area contributed by atoms with Crippen LogP contribution in [0.2, 0.25) is 0 Å². The van der Waals surface area contributed by atoms with E-state index in [1.807, 2.05) is 55.5 Å². The molecule has 1 heterocycles. The highest BCUT2D eigenvalue weighted by Gasteiger charge is 2.32. The van der Waals surface area contributed by atoms with Crippen LogP contribution in [0.25, 0.3) is 6.08 Å². The molecule has 0 saturated carbocycles. The number of halogens is 1. The van der Waals surface area contributed by atoms with Gasteiger partial charge in [0.15, 0.2) is 0 Å². The average Bonchev–Trinajstić information content (AvgIpc) is 3.10. The van der Waals surface area contributed by atoms with Crippen LogP contribution >= 0.6 is 15.9 Å². The molecule has 0 aromatic heterocycles. The fourth-order valence-corrected chi connectivity index (χ4v) is 3.58. The zero-order valence-corrected chi connectivity index (χ0v) is 18.6. The van der Waals surface area contributed by atoms with E-state index in [1.54, 1.807) is 35.2 Å². The van der Waals surface area contributed by atoms with Gasteiger partial charge in [-0.25, -0.2) is 9.79 Å².